The average molecular weight is 362 g/mol. The van der Waals surface area contributed by atoms with Gasteiger partial charge in [-0.1, -0.05) is 18.2 Å². The summed E-state index contributed by atoms with van der Waals surface area (Å²) in [5.74, 6) is -0.646. The number of nitrogens with zero attached hydrogens (tertiary/aromatic N) is 5. The molecule has 0 atom stereocenters. The molecule has 0 unspecified atom stereocenters. The fraction of sp³-hybridized carbons (Fsp3) is 0.158. The van der Waals surface area contributed by atoms with Crippen LogP contribution in [0.5, 0.6) is 0 Å². The second kappa shape index (κ2) is 7.17. The van der Waals surface area contributed by atoms with E-state index < -0.39 is 5.91 Å². The molecular formula is C19H18N6O2. The van der Waals surface area contributed by atoms with Gasteiger partial charge in [-0.2, -0.15) is 10.4 Å². The predicted molar refractivity (Wildman–Crippen MR) is 101 cm³/mol. The molecule has 8 heteroatoms. The molecule has 0 bridgehead atoms. The van der Waals surface area contributed by atoms with E-state index in [2.05, 4.69) is 10.4 Å². The second-order valence-corrected chi connectivity index (χ2v) is 6.01. The first-order valence-electron chi connectivity index (χ1n) is 8.18. The molecule has 3 aromatic rings. The Bertz CT molecular complexity index is 1130. The van der Waals surface area contributed by atoms with E-state index in [0.717, 1.165) is 0 Å². The molecule has 2 heterocycles. The van der Waals surface area contributed by atoms with E-state index in [-0.39, 0.29) is 16.8 Å². The minimum atomic E-state index is -0.646. The summed E-state index contributed by atoms with van der Waals surface area (Å²) in [5, 5.41) is 15.9. The van der Waals surface area contributed by atoms with Gasteiger partial charge in [0.25, 0.3) is 11.5 Å². The zero-order valence-electron chi connectivity index (χ0n) is 15.2. The summed E-state index contributed by atoms with van der Waals surface area (Å²) in [5.41, 5.74) is 1.54. The molecule has 0 aliphatic carbocycles. The molecule has 8 nitrogen and oxygen atoms in total. The number of aryl methyl sites for hydroxylation is 1. The lowest BCUT2D eigenvalue weighted by atomic mass is 10.2. The highest BCUT2D eigenvalue weighted by atomic mass is 16.2. The van der Waals surface area contributed by atoms with Gasteiger partial charge in [0.15, 0.2) is 0 Å². The van der Waals surface area contributed by atoms with Gasteiger partial charge < -0.3 is 5.32 Å². The quantitative estimate of drug-likeness (QED) is 0.565. The molecule has 0 radical (unpaired) electrons. The number of nitriles is 1. The number of carbonyl (C=O) groups is 1. The van der Waals surface area contributed by atoms with Crippen LogP contribution >= 0.6 is 0 Å². The lowest BCUT2D eigenvalue weighted by Crippen LogP contribution is -2.23. The fourth-order valence-corrected chi connectivity index (χ4v) is 2.72. The predicted octanol–water partition coefficient (Wildman–Crippen LogP) is 1.76. The van der Waals surface area contributed by atoms with Crippen molar-refractivity contribution in [1.82, 2.24) is 19.1 Å². The van der Waals surface area contributed by atoms with Gasteiger partial charge in [0.1, 0.15) is 17.3 Å². The molecule has 1 aromatic carbocycles. The number of para-hydroxylation sites is 1. The fourth-order valence-electron chi connectivity index (χ4n) is 2.72. The largest absolute Gasteiger partial charge is 0.315 e. The molecule has 0 saturated heterocycles. The first kappa shape index (κ1) is 17.9. The van der Waals surface area contributed by atoms with Gasteiger partial charge in [0.05, 0.1) is 17.6 Å². The highest BCUT2D eigenvalue weighted by molar-refractivity contribution is 6.09. The van der Waals surface area contributed by atoms with Crippen molar-refractivity contribution >= 4 is 17.7 Å². The van der Waals surface area contributed by atoms with Crippen molar-refractivity contribution in [3.8, 4) is 11.8 Å². The Balaban J connectivity index is 1.96. The van der Waals surface area contributed by atoms with Crippen LogP contribution in [-0.2, 0) is 18.9 Å². The summed E-state index contributed by atoms with van der Waals surface area (Å²) in [6.45, 7) is 1.73. The van der Waals surface area contributed by atoms with Gasteiger partial charge in [-0.05, 0) is 25.1 Å². The summed E-state index contributed by atoms with van der Waals surface area (Å²) in [6, 6.07) is 11.0. The maximum atomic E-state index is 12.8. The number of hydrogen-bond donors (Lipinski definition) is 1. The molecular weight excluding hydrogens is 344 g/mol. The summed E-state index contributed by atoms with van der Waals surface area (Å²) in [7, 11) is 3.47. The average Bonchev–Trinajstić information content (AvgIpc) is 3.16. The third kappa shape index (κ3) is 3.43. The highest BCUT2D eigenvalue weighted by Crippen LogP contribution is 2.15. The van der Waals surface area contributed by atoms with Crippen LogP contribution in [0.4, 0.5) is 5.69 Å². The third-order valence-electron chi connectivity index (χ3n) is 4.19. The molecule has 27 heavy (non-hydrogen) atoms. The van der Waals surface area contributed by atoms with E-state index in [0.29, 0.717) is 16.9 Å². The van der Waals surface area contributed by atoms with E-state index in [4.69, 9.17) is 0 Å². The first-order valence-corrected chi connectivity index (χ1v) is 8.18. The van der Waals surface area contributed by atoms with E-state index in [9.17, 15) is 14.9 Å². The Morgan fingerprint density at radius 3 is 2.56 bits per heavy atom. The molecule has 2 aromatic heterocycles. The van der Waals surface area contributed by atoms with Crippen LogP contribution in [0.25, 0.3) is 11.8 Å². The Kier molecular flexibility index (Phi) is 4.77. The Morgan fingerprint density at radius 2 is 1.96 bits per heavy atom. The van der Waals surface area contributed by atoms with Crippen LogP contribution in [0.1, 0.15) is 11.3 Å². The molecule has 0 aliphatic rings. The standard InChI is InChI=1S/C19H18N6O2/c1-13-17(19(27)25(24(13)3)16-7-5-4-6-8-16)22-18(26)15(10-20)9-14-11-21-23(2)12-14/h4-9,11-12H,1-3H3,(H,22,26)/b15-9+. The topological polar surface area (TPSA) is 97.6 Å². The highest BCUT2D eigenvalue weighted by Gasteiger charge is 2.19. The van der Waals surface area contributed by atoms with Gasteiger partial charge >= 0.3 is 0 Å². The van der Waals surface area contributed by atoms with Crippen LogP contribution in [-0.4, -0.2) is 25.1 Å². The number of benzene rings is 1. The molecule has 1 N–H and O–H groups in total. The zero-order valence-corrected chi connectivity index (χ0v) is 15.2. The normalized spacial score (nSPS) is 11.3. The number of anilines is 1. The Hall–Kier alpha value is -3.86. The van der Waals surface area contributed by atoms with E-state index in [1.807, 2.05) is 24.3 Å². The SMILES string of the molecule is Cc1c(NC(=O)/C(C#N)=C/c2cnn(C)c2)c(=O)n(-c2ccccc2)n1C. The number of amides is 1. The van der Waals surface area contributed by atoms with Crippen LogP contribution in [0, 0.1) is 18.3 Å². The molecule has 1 amide bonds. The first-order chi connectivity index (χ1) is 12.9. The number of hydrogen-bond acceptors (Lipinski definition) is 4. The van der Waals surface area contributed by atoms with Crippen molar-refractivity contribution in [2.24, 2.45) is 14.1 Å². The van der Waals surface area contributed by atoms with E-state index >= 15 is 0 Å². The van der Waals surface area contributed by atoms with Crippen LogP contribution < -0.4 is 10.9 Å². The van der Waals surface area contributed by atoms with Gasteiger partial charge in [0, 0.05) is 25.9 Å². The van der Waals surface area contributed by atoms with Crippen LogP contribution in [0.2, 0.25) is 0 Å². The molecule has 0 saturated carbocycles. The van der Waals surface area contributed by atoms with Crippen molar-refractivity contribution in [3.63, 3.8) is 0 Å². The molecule has 136 valence electrons. The lowest BCUT2D eigenvalue weighted by molar-refractivity contribution is -0.112. The molecule has 0 aliphatic heterocycles. The minimum absolute atomic E-state index is 0.114. The van der Waals surface area contributed by atoms with Gasteiger partial charge in [-0.15, -0.1) is 0 Å². The van der Waals surface area contributed by atoms with Gasteiger partial charge in [-0.3, -0.25) is 19.0 Å². The van der Waals surface area contributed by atoms with Gasteiger partial charge in [0.2, 0.25) is 0 Å². The number of carbonyl (C=O) groups excluding carboxylic acids is 1. The minimum Gasteiger partial charge on any atom is -0.315 e. The Labute approximate surface area is 155 Å². The van der Waals surface area contributed by atoms with Crippen LogP contribution in [0.3, 0.4) is 0 Å². The van der Waals surface area contributed by atoms with Crippen molar-refractivity contribution < 1.29 is 4.79 Å². The second-order valence-electron chi connectivity index (χ2n) is 6.01. The van der Waals surface area contributed by atoms with Crippen molar-refractivity contribution in [1.29, 1.82) is 5.26 Å². The Morgan fingerprint density at radius 1 is 1.26 bits per heavy atom. The smallest absolute Gasteiger partial charge is 0.295 e. The molecule has 0 fully saturated rings. The zero-order chi connectivity index (χ0) is 19.6. The molecule has 0 spiro atoms. The monoisotopic (exact) mass is 362 g/mol. The number of rotatable bonds is 4. The third-order valence-corrected chi connectivity index (χ3v) is 4.19. The van der Waals surface area contributed by atoms with Crippen molar-refractivity contribution in [2.45, 2.75) is 6.92 Å². The summed E-state index contributed by atoms with van der Waals surface area (Å²) in [6.07, 6.45) is 4.65. The number of aromatic nitrogens is 4. The lowest BCUT2D eigenvalue weighted by Gasteiger charge is -2.07. The molecule has 3 rings (SSSR count). The summed E-state index contributed by atoms with van der Waals surface area (Å²) < 4.78 is 4.69. The number of nitrogens with one attached hydrogen (secondary N) is 1. The van der Waals surface area contributed by atoms with E-state index in [1.165, 1.54) is 10.8 Å². The van der Waals surface area contributed by atoms with Crippen molar-refractivity contribution in [2.75, 3.05) is 5.32 Å². The van der Waals surface area contributed by atoms with Crippen molar-refractivity contribution in [3.05, 3.63) is 69.9 Å². The maximum absolute atomic E-state index is 12.8. The van der Waals surface area contributed by atoms with Gasteiger partial charge in [-0.25, -0.2) is 4.68 Å². The van der Waals surface area contributed by atoms with Crippen LogP contribution in [0.15, 0.2) is 53.1 Å². The maximum Gasteiger partial charge on any atom is 0.295 e. The van der Waals surface area contributed by atoms with E-state index in [1.54, 1.807) is 54.9 Å². The summed E-state index contributed by atoms with van der Waals surface area (Å²) >= 11 is 0. The summed E-state index contributed by atoms with van der Waals surface area (Å²) in [4.78, 5) is 25.4.